The molecule has 0 aromatic heterocycles. The first-order chi connectivity index (χ1) is 11.2. The molecule has 0 amide bonds. The van der Waals surface area contributed by atoms with E-state index in [2.05, 4.69) is 26.3 Å². The van der Waals surface area contributed by atoms with Crippen LogP contribution in [-0.2, 0) is 13.2 Å². The van der Waals surface area contributed by atoms with Crippen LogP contribution in [0.3, 0.4) is 0 Å². The molecule has 0 saturated carbocycles. The summed E-state index contributed by atoms with van der Waals surface area (Å²) in [6, 6.07) is 15.7. The maximum atomic E-state index is 9.54. The van der Waals surface area contributed by atoms with Gasteiger partial charge in [-0.05, 0) is 39.7 Å². The Hall–Kier alpha value is -1.69. The summed E-state index contributed by atoms with van der Waals surface area (Å²) in [7, 11) is 0. The standard InChI is InChI=1S/C17H17BrClN3O/c18-17-10-21(9-13-5-7-15(19)8-6-13)12-22(20-17)16-4-2-1-3-14(16)11-23/h1-8,10,20,23H,9,11-12H2. The van der Waals surface area contributed by atoms with Crippen molar-refractivity contribution >= 4 is 33.2 Å². The van der Waals surface area contributed by atoms with Crippen LogP contribution in [0.2, 0.25) is 5.02 Å². The number of hydrogen-bond acceptors (Lipinski definition) is 4. The number of nitrogens with one attached hydrogen (secondary N) is 1. The van der Waals surface area contributed by atoms with Crippen molar-refractivity contribution in [3.63, 3.8) is 0 Å². The maximum Gasteiger partial charge on any atom is 0.113 e. The Morgan fingerprint density at radius 1 is 1.13 bits per heavy atom. The van der Waals surface area contributed by atoms with E-state index in [4.69, 9.17) is 11.6 Å². The quantitative estimate of drug-likeness (QED) is 0.774. The number of anilines is 1. The molecule has 0 saturated heterocycles. The molecule has 4 nitrogen and oxygen atoms in total. The summed E-state index contributed by atoms with van der Waals surface area (Å²) in [5, 5.41) is 12.3. The van der Waals surface area contributed by atoms with Crippen molar-refractivity contribution in [2.75, 3.05) is 11.7 Å². The zero-order valence-electron chi connectivity index (χ0n) is 12.4. The van der Waals surface area contributed by atoms with Gasteiger partial charge >= 0.3 is 0 Å². The van der Waals surface area contributed by atoms with Gasteiger partial charge < -0.3 is 10.0 Å². The van der Waals surface area contributed by atoms with Crippen LogP contribution in [0, 0.1) is 0 Å². The molecule has 0 atom stereocenters. The fourth-order valence-corrected chi connectivity index (χ4v) is 3.17. The Morgan fingerprint density at radius 3 is 2.61 bits per heavy atom. The van der Waals surface area contributed by atoms with E-state index < -0.39 is 0 Å². The van der Waals surface area contributed by atoms with Crippen LogP contribution >= 0.6 is 27.5 Å². The number of hydrogen-bond donors (Lipinski definition) is 2. The van der Waals surface area contributed by atoms with Crippen LogP contribution in [0.15, 0.2) is 59.3 Å². The van der Waals surface area contributed by atoms with E-state index in [1.807, 2.05) is 59.7 Å². The fourth-order valence-electron chi connectivity index (χ4n) is 2.54. The number of benzene rings is 2. The first kappa shape index (κ1) is 16.2. The molecule has 0 fully saturated rings. The lowest BCUT2D eigenvalue weighted by Crippen LogP contribution is -2.47. The van der Waals surface area contributed by atoms with Gasteiger partial charge in [0.25, 0.3) is 0 Å². The summed E-state index contributed by atoms with van der Waals surface area (Å²) in [5.74, 6) is 0. The van der Waals surface area contributed by atoms with Gasteiger partial charge in [-0.25, -0.2) is 0 Å². The zero-order chi connectivity index (χ0) is 16.2. The molecule has 120 valence electrons. The molecule has 1 aliphatic rings. The number of nitrogens with zero attached hydrogens (tertiary/aromatic N) is 2. The van der Waals surface area contributed by atoms with E-state index in [9.17, 15) is 5.11 Å². The number of halogens is 2. The lowest BCUT2D eigenvalue weighted by Gasteiger charge is -2.37. The van der Waals surface area contributed by atoms with Gasteiger partial charge in [0.2, 0.25) is 0 Å². The van der Waals surface area contributed by atoms with E-state index in [1.54, 1.807) is 0 Å². The van der Waals surface area contributed by atoms with Gasteiger partial charge in [0.05, 0.1) is 12.3 Å². The number of para-hydroxylation sites is 1. The summed E-state index contributed by atoms with van der Waals surface area (Å²) < 4.78 is 0.866. The predicted molar refractivity (Wildman–Crippen MR) is 96.9 cm³/mol. The van der Waals surface area contributed by atoms with E-state index in [1.165, 1.54) is 5.56 Å². The summed E-state index contributed by atoms with van der Waals surface area (Å²) >= 11 is 9.46. The minimum absolute atomic E-state index is 0.00682. The van der Waals surface area contributed by atoms with E-state index in [0.29, 0.717) is 6.67 Å². The second-order valence-electron chi connectivity index (χ2n) is 5.32. The third kappa shape index (κ3) is 3.99. The molecule has 0 unspecified atom stereocenters. The van der Waals surface area contributed by atoms with Crippen molar-refractivity contribution < 1.29 is 5.11 Å². The number of aliphatic hydroxyl groups excluding tert-OH is 1. The van der Waals surface area contributed by atoms with Crippen molar-refractivity contribution in [3.8, 4) is 0 Å². The Kier molecular flexibility index (Phi) is 5.10. The molecule has 6 heteroatoms. The molecule has 1 heterocycles. The third-order valence-electron chi connectivity index (χ3n) is 3.61. The molecule has 2 aromatic rings. The Morgan fingerprint density at radius 2 is 1.87 bits per heavy atom. The van der Waals surface area contributed by atoms with Gasteiger partial charge in [-0.1, -0.05) is 41.9 Å². The van der Waals surface area contributed by atoms with Gasteiger partial charge in [-0.2, -0.15) is 0 Å². The topological polar surface area (TPSA) is 38.7 Å². The molecule has 0 radical (unpaired) electrons. The molecule has 1 aliphatic heterocycles. The molecule has 3 rings (SSSR count). The molecule has 0 bridgehead atoms. The Balaban J connectivity index is 1.78. The van der Waals surface area contributed by atoms with Crippen molar-refractivity contribution in [1.82, 2.24) is 10.3 Å². The van der Waals surface area contributed by atoms with Gasteiger partial charge in [0.15, 0.2) is 0 Å². The summed E-state index contributed by atoms with van der Waals surface area (Å²) in [4.78, 5) is 2.18. The molecule has 0 aliphatic carbocycles. The molecule has 0 spiro atoms. The van der Waals surface area contributed by atoms with Crippen molar-refractivity contribution in [2.24, 2.45) is 0 Å². The Labute approximate surface area is 149 Å². The Bertz CT molecular complexity index is 705. The predicted octanol–water partition coefficient (Wildman–Crippen LogP) is 3.81. The lowest BCUT2D eigenvalue weighted by molar-refractivity contribution is 0.280. The summed E-state index contributed by atoms with van der Waals surface area (Å²) in [5.41, 5.74) is 6.30. The van der Waals surface area contributed by atoms with Gasteiger partial charge in [-0.3, -0.25) is 10.4 Å². The van der Waals surface area contributed by atoms with Crippen LogP contribution < -0.4 is 10.4 Å². The minimum atomic E-state index is 0.00682. The number of aliphatic hydroxyl groups is 1. The first-order valence-corrected chi connectivity index (χ1v) is 8.41. The SMILES string of the molecule is OCc1ccccc1N1CN(Cc2ccc(Cl)cc2)C=C(Br)N1. The number of rotatable bonds is 4. The van der Waals surface area contributed by atoms with Crippen molar-refractivity contribution in [1.29, 1.82) is 0 Å². The molecule has 23 heavy (non-hydrogen) atoms. The second-order valence-corrected chi connectivity index (χ2v) is 6.61. The highest BCUT2D eigenvalue weighted by Crippen LogP contribution is 2.24. The molecule has 2 N–H and O–H groups in total. The minimum Gasteiger partial charge on any atom is -0.392 e. The highest BCUT2D eigenvalue weighted by molar-refractivity contribution is 9.11. The maximum absolute atomic E-state index is 9.54. The normalized spacial score (nSPS) is 14.5. The van der Waals surface area contributed by atoms with Crippen LogP contribution in [0.1, 0.15) is 11.1 Å². The largest absolute Gasteiger partial charge is 0.392 e. The number of hydrazine groups is 1. The average Bonchev–Trinajstić information content (AvgIpc) is 2.56. The molecular weight excluding hydrogens is 378 g/mol. The van der Waals surface area contributed by atoms with E-state index >= 15 is 0 Å². The van der Waals surface area contributed by atoms with E-state index in [-0.39, 0.29) is 6.61 Å². The lowest BCUT2D eigenvalue weighted by atomic mass is 10.2. The van der Waals surface area contributed by atoms with Crippen LogP contribution in [0.25, 0.3) is 0 Å². The smallest absolute Gasteiger partial charge is 0.113 e. The molecule has 2 aromatic carbocycles. The van der Waals surface area contributed by atoms with E-state index in [0.717, 1.165) is 27.4 Å². The first-order valence-electron chi connectivity index (χ1n) is 7.24. The summed E-state index contributed by atoms with van der Waals surface area (Å²) in [6.45, 7) is 1.44. The second kappa shape index (κ2) is 7.25. The fraction of sp³-hybridized carbons (Fsp3) is 0.176. The monoisotopic (exact) mass is 393 g/mol. The summed E-state index contributed by atoms with van der Waals surface area (Å²) in [6.07, 6.45) is 2.02. The van der Waals surface area contributed by atoms with Crippen molar-refractivity contribution in [3.05, 3.63) is 75.5 Å². The van der Waals surface area contributed by atoms with Gasteiger partial charge in [0.1, 0.15) is 11.3 Å². The highest BCUT2D eigenvalue weighted by atomic mass is 79.9. The average molecular weight is 395 g/mol. The van der Waals surface area contributed by atoms with Crippen LogP contribution in [-0.4, -0.2) is 16.7 Å². The zero-order valence-corrected chi connectivity index (χ0v) is 14.8. The highest BCUT2D eigenvalue weighted by Gasteiger charge is 2.18. The third-order valence-corrected chi connectivity index (χ3v) is 4.25. The van der Waals surface area contributed by atoms with Crippen LogP contribution in [0.4, 0.5) is 5.69 Å². The van der Waals surface area contributed by atoms with Crippen molar-refractivity contribution in [2.45, 2.75) is 13.2 Å². The van der Waals surface area contributed by atoms with Gasteiger partial charge in [0, 0.05) is 23.3 Å². The van der Waals surface area contributed by atoms with Gasteiger partial charge in [-0.15, -0.1) is 0 Å². The van der Waals surface area contributed by atoms with Crippen LogP contribution in [0.5, 0.6) is 0 Å². The molecular formula is C17H17BrClN3O.